The summed E-state index contributed by atoms with van der Waals surface area (Å²) < 4.78 is 30.0. The van der Waals surface area contributed by atoms with Gasteiger partial charge in [-0.15, -0.1) is 0 Å². The molecule has 0 amide bonds. The summed E-state index contributed by atoms with van der Waals surface area (Å²) in [6.45, 7) is 5.96. The van der Waals surface area contributed by atoms with Crippen LogP contribution in [0.4, 0.5) is 0 Å². The SMILES string of the molecule is CCn1nc(C)c(S(=O)(=O)NC2c3ccccc3CC2O)c1C. The van der Waals surface area contributed by atoms with Crippen LogP contribution < -0.4 is 4.72 Å². The number of benzene rings is 1. The molecule has 7 heteroatoms. The van der Waals surface area contributed by atoms with E-state index < -0.39 is 22.2 Å². The van der Waals surface area contributed by atoms with Crippen molar-refractivity contribution in [3.63, 3.8) is 0 Å². The molecule has 0 saturated heterocycles. The van der Waals surface area contributed by atoms with Crippen molar-refractivity contribution < 1.29 is 13.5 Å². The van der Waals surface area contributed by atoms with Crippen molar-refractivity contribution in [2.45, 2.75) is 50.8 Å². The molecule has 124 valence electrons. The molecule has 1 aromatic heterocycles. The van der Waals surface area contributed by atoms with E-state index >= 15 is 0 Å². The van der Waals surface area contributed by atoms with E-state index in [0.29, 0.717) is 24.4 Å². The summed E-state index contributed by atoms with van der Waals surface area (Å²) in [7, 11) is -3.76. The molecule has 23 heavy (non-hydrogen) atoms. The molecule has 2 aromatic rings. The second-order valence-corrected chi connectivity index (χ2v) is 7.54. The van der Waals surface area contributed by atoms with Crippen molar-refractivity contribution in [3.05, 3.63) is 46.8 Å². The first-order chi connectivity index (χ1) is 10.8. The molecule has 0 radical (unpaired) electrons. The van der Waals surface area contributed by atoms with E-state index in [1.807, 2.05) is 31.2 Å². The van der Waals surface area contributed by atoms with Crippen LogP contribution in [-0.2, 0) is 23.0 Å². The van der Waals surface area contributed by atoms with Crippen LogP contribution in [0.3, 0.4) is 0 Å². The quantitative estimate of drug-likeness (QED) is 0.886. The van der Waals surface area contributed by atoms with Gasteiger partial charge < -0.3 is 5.11 Å². The Bertz CT molecular complexity index is 842. The van der Waals surface area contributed by atoms with E-state index in [9.17, 15) is 13.5 Å². The lowest BCUT2D eigenvalue weighted by atomic mass is 10.1. The minimum atomic E-state index is -3.76. The topological polar surface area (TPSA) is 84.2 Å². The van der Waals surface area contributed by atoms with Crippen LogP contribution in [0.2, 0.25) is 0 Å². The van der Waals surface area contributed by atoms with Gasteiger partial charge in [0.15, 0.2) is 0 Å². The van der Waals surface area contributed by atoms with Crippen LogP contribution in [0.25, 0.3) is 0 Å². The molecule has 0 aliphatic heterocycles. The molecule has 1 aliphatic rings. The summed E-state index contributed by atoms with van der Waals surface area (Å²) >= 11 is 0. The molecular formula is C16H21N3O3S. The van der Waals surface area contributed by atoms with E-state index in [1.54, 1.807) is 18.5 Å². The fourth-order valence-corrected chi connectivity index (χ4v) is 4.98. The van der Waals surface area contributed by atoms with Crippen molar-refractivity contribution in [1.82, 2.24) is 14.5 Å². The van der Waals surface area contributed by atoms with E-state index in [0.717, 1.165) is 11.1 Å². The molecule has 0 spiro atoms. The maximum Gasteiger partial charge on any atom is 0.244 e. The number of nitrogens with zero attached hydrogens (tertiary/aromatic N) is 2. The molecule has 3 rings (SSSR count). The lowest BCUT2D eigenvalue weighted by molar-refractivity contribution is 0.151. The summed E-state index contributed by atoms with van der Waals surface area (Å²) in [5.41, 5.74) is 2.89. The zero-order valence-corrected chi connectivity index (χ0v) is 14.3. The standard InChI is InChI=1S/C16H21N3O3S/c1-4-19-11(3)16(10(2)17-19)23(21,22)18-15-13-8-6-5-7-12(13)9-14(15)20/h5-8,14-15,18,20H,4,9H2,1-3H3. The zero-order valence-electron chi connectivity index (χ0n) is 13.4. The number of fused-ring (bicyclic) bond motifs is 1. The lowest BCUT2D eigenvalue weighted by Crippen LogP contribution is -2.34. The highest BCUT2D eigenvalue weighted by Gasteiger charge is 2.36. The maximum absolute atomic E-state index is 12.8. The van der Waals surface area contributed by atoms with E-state index in [1.165, 1.54) is 0 Å². The van der Waals surface area contributed by atoms with Crippen LogP contribution in [0.15, 0.2) is 29.2 Å². The smallest absolute Gasteiger partial charge is 0.244 e. The highest BCUT2D eigenvalue weighted by Crippen LogP contribution is 2.33. The first-order valence-corrected chi connectivity index (χ1v) is 9.15. The van der Waals surface area contributed by atoms with E-state index in [-0.39, 0.29) is 4.90 Å². The number of aryl methyl sites for hydroxylation is 2. The third-order valence-electron chi connectivity index (χ3n) is 4.37. The Hall–Kier alpha value is -1.70. The molecule has 1 aliphatic carbocycles. The van der Waals surface area contributed by atoms with Crippen molar-refractivity contribution in [3.8, 4) is 0 Å². The summed E-state index contributed by atoms with van der Waals surface area (Å²) in [6, 6.07) is 6.89. The fourth-order valence-electron chi connectivity index (χ4n) is 3.32. The van der Waals surface area contributed by atoms with E-state index in [4.69, 9.17) is 0 Å². The molecule has 1 aromatic carbocycles. The number of nitrogens with one attached hydrogen (secondary N) is 1. The first kappa shape index (κ1) is 16.2. The number of hydrogen-bond acceptors (Lipinski definition) is 4. The molecule has 2 unspecified atom stereocenters. The summed E-state index contributed by atoms with van der Waals surface area (Å²) in [5.74, 6) is 0. The number of sulfonamides is 1. The fraction of sp³-hybridized carbons (Fsp3) is 0.438. The highest BCUT2D eigenvalue weighted by molar-refractivity contribution is 7.89. The number of hydrogen-bond donors (Lipinski definition) is 2. The van der Waals surface area contributed by atoms with Gasteiger partial charge in [-0.1, -0.05) is 24.3 Å². The Kier molecular flexibility index (Phi) is 4.03. The predicted octanol–water partition coefficient (Wildman–Crippen LogP) is 1.46. The van der Waals surface area contributed by atoms with Crippen LogP contribution in [-0.4, -0.2) is 29.4 Å². The zero-order chi connectivity index (χ0) is 16.8. The lowest BCUT2D eigenvalue weighted by Gasteiger charge is -2.18. The second-order valence-electron chi connectivity index (χ2n) is 5.88. The van der Waals surface area contributed by atoms with Crippen molar-refractivity contribution >= 4 is 10.0 Å². The second kappa shape index (κ2) is 5.74. The number of aromatic nitrogens is 2. The maximum atomic E-state index is 12.8. The minimum Gasteiger partial charge on any atom is -0.391 e. The molecule has 0 saturated carbocycles. The molecule has 0 fully saturated rings. The number of aliphatic hydroxyl groups excluding tert-OH is 1. The van der Waals surface area contributed by atoms with Crippen molar-refractivity contribution in [2.75, 3.05) is 0 Å². The van der Waals surface area contributed by atoms with Crippen LogP contribution in [0, 0.1) is 13.8 Å². The van der Waals surface area contributed by atoms with Crippen LogP contribution in [0.5, 0.6) is 0 Å². The van der Waals surface area contributed by atoms with Gasteiger partial charge in [-0.3, -0.25) is 4.68 Å². The Morgan fingerprint density at radius 2 is 2.04 bits per heavy atom. The molecule has 1 heterocycles. The summed E-state index contributed by atoms with van der Waals surface area (Å²) in [4.78, 5) is 0.205. The van der Waals surface area contributed by atoms with Crippen LogP contribution in [0.1, 0.15) is 35.5 Å². The third kappa shape index (κ3) is 2.69. The largest absolute Gasteiger partial charge is 0.391 e. The minimum absolute atomic E-state index is 0.205. The van der Waals surface area contributed by atoms with Gasteiger partial charge in [0, 0.05) is 13.0 Å². The molecular weight excluding hydrogens is 314 g/mol. The average molecular weight is 335 g/mol. The van der Waals surface area contributed by atoms with Crippen molar-refractivity contribution in [1.29, 1.82) is 0 Å². The molecule has 2 atom stereocenters. The average Bonchev–Trinajstić information content (AvgIpc) is 2.96. The Balaban J connectivity index is 1.98. The van der Waals surface area contributed by atoms with Gasteiger partial charge in [-0.25, -0.2) is 13.1 Å². The van der Waals surface area contributed by atoms with Gasteiger partial charge in [0.2, 0.25) is 10.0 Å². The Labute approximate surface area is 136 Å². The highest BCUT2D eigenvalue weighted by atomic mass is 32.2. The number of aliphatic hydroxyl groups is 1. The van der Waals surface area contributed by atoms with Gasteiger partial charge in [-0.2, -0.15) is 5.10 Å². The van der Waals surface area contributed by atoms with Gasteiger partial charge >= 0.3 is 0 Å². The molecule has 2 N–H and O–H groups in total. The van der Waals surface area contributed by atoms with Crippen LogP contribution >= 0.6 is 0 Å². The molecule has 6 nitrogen and oxygen atoms in total. The van der Waals surface area contributed by atoms with E-state index in [2.05, 4.69) is 9.82 Å². The number of rotatable bonds is 4. The first-order valence-electron chi connectivity index (χ1n) is 7.67. The summed E-state index contributed by atoms with van der Waals surface area (Å²) in [5, 5.41) is 14.5. The van der Waals surface area contributed by atoms with Crippen molar-refractivity contribution in [2.24, 2.45) is 0 Å². The van der Waals surface area contributed by atoms with Gasteiger partial charge in [0.25, 0.3) is 0 Å². The van der Waals surface area contributed by atoms with Gasteiger partial charge in [0.05, 0.1) is 23.5 Å². The van der Waals surface area contributed by atoms with Gasteiger partial charge in [-0.05, 0) is 31.9 Å². The predicted molar refractivity (Wildman–Crippen MR) is 86.6 cm³/mol. The Morgan fingerprint density at radius 3 is 2.70 bits per heavy atom. The summed E-state index contributed by atoms with van der Waals surface area (Å²) in [6.07, 6.45) is -0.306. The Morgan fingerprint density at radius 1 is 1.35 bits per heavy atom. The monoisotopic (exact) mass is 335 g/mol. The third-order valence-corrected chi connectivity index (χ3v) is 6.06. The normalized spacial score (nSPS) is 20.7. The molecule has 0 bridgehead atoms. The van der Waals surface area contributed by atoms with Gasteiger partial charge in [0.1, 0.15) is 4.90 Å².